The lowest BCUT2D eigenvalue weighted by Crippen LogP contribution is -2.51. The maximum atomic E-state index is 12.3. The van der Waals surface area contributed by atoms with E-state index in [4.69, 9.17) is 4.52 Å². The van der Waals surface area contributed by atoms with Crippen LogP contribution in [-0.2, 0) is 11.3 Å². The summed E-state index contributed by atoms with van der Waals surface area (Å²) in [5, 5.41) is 10.8. The molecule has 1 aromatic heterocycles. The fourth-order valence-electron chi connectivity index (χ4n) is 3.47. The molecule has 0 aromatic carbocycles. The second kappa shape index (κ2) is 7.44. The average molecular weight is 348 g/mol. The Morgan fingerprint density at radius 3 is 2.68 bits per heavy atom. The van der Waals surface area contributed by atoms with E-state index < -0.39 is 0 Å². The largest absolute Gasteiger partial charge is 0.354 e. The van der Waals surface area contributed by atoms with Gasteiger partial charge in [0.25, 0.3) is 0 Å². The smallest absolute Gasteiger partial charge is 0.240 e. The van der Waals surface area contributed by atoms with Crippen LogP contribution in [0.25, 0.3) is 0 Å². The minimum absolute atomic E-state index is 0.0414. The van der Waals surface area contributed by atoms with E-state index >= 15 is 0 Å². The summed E-state index contributed by atoms with van der Waals surface area (Å²) in [5.41, 5.74) is 0.0174. The number of hydrogen-bond donors (Lipinski definition) is 2. The number of aromatic nitrogens is 2. The highest BCUT2D eigenvalue weighted by atomic mass is 16.5. The maximum Gasteiger partial charge on any atom is 0.240 e. The van der Waals surface area contributed by atoms with E-state index in [9.17, 15) is 4.79 Å². The fraction of sp³-hybridized carbons (Fsp3) is 0.842. The second-order valence-corrected chi connectivity index (χ2v) is 8.63. The lowest BCUT2D eigenvalue weighted by Gasteiger charge is -2.31. The van der Waals surface area contributed by atoms with Crippen molar-refractivity contribution in [2.75, 3.05) is 6.54 Å². The molecule has 0 saturated heterocycles. The SMILES string of the molecule is CCC(C)(C)CC(=O)NCC1(NCc2nc(C3CC3)no2)CCCC1. The number of nitrogens with zero attached hydrogens (tertiary/aromatic N) is 2. The highest BCUT2D eigenvalue weighted by Crippen LogP contribution is 2.38. The molecule has 0 spiro atoms. The minimum Gasteiger partial charge on any atom is -0.354 e. The molecular weight excluding hydrogens is 316 g/mol. The lowest BCUT2D eigenvalue weighted by molar-refractivity contribution is -0.123. The van der Waals surface area contributed by atoms with Crippen LogP contribution < -0.4 is 10.6 Å². The van der Waals surface area contributed by atoms with Crippen LogP contribution in [-0.4, -0.2) is 28.1 Å². The van der Waals surface area contributed by atoms with E-state index in [0.717, 1.165) is 25.1 Å². The molecule has 2 aliphatic rings. The zero-order valence-corrected chi connectivity index (χ0v) is 15.9. The molecule has 0 unspecified atom stereocenters. The van der Waals surface area contributed by atoms with Gasteiger partial charge in [-0.2, -0.15) is 4.98 Å². The molecule has 2 saturated carbocycles. The van der Waals surface area contributed by atoms with Crippen LogP contribution in [0, 0.1) is 5.41 Å². The van der Waals surface area contributed by atoms with Crippen molar-refractivity contribution in [2.45, 2.75) is 90.1 Å². The summed E-state index contributed by atoms with van der Waals surface area (Å²) in [4.78, 5) is 16.8. The van der Waals surface area contributed by atoms with Gasteiger partial charge in [-0.25, -0.2) is 0 Å². The molecule has 1 heterocycles. The number of nitrogens with one attached hydrogen (secondary N) is 2. The van der Waals surface area contributed by atoms with Gasteiger partial charge in [-0.15, -0.1) is 0 Å². The predicted octanol–water partition coefficient (Wildman–Crippen LogP) is 3.29. The summed E-state index contributed by atoms with van der Waals surface area (Å²) < 4.78 is 5.37. The minimum atomic E-state index is -0.0414. The molecular formula is C19H32N4O2. The van der Waals surface area contributed by atoms with Crippen LogP contribution in [0.2, 0.25) is 0 Å². The highest BCUT2D eigenvalue weighted by Gasteiger charge is 2.35. The van der Waals surface area contributed by atoms with Crippen molar-refractivity contribution in [1.82, 2.24) is 20.8 Å². The second-order valence-electron chi connectivity index (χ2n) is 8.63. The normalized spacial score (nSPS) is 20.0. The van der Waals surface area contributed by atoms with Gasteiger partial charge in [-0.3, -0.25) is 4.79 Å². The van der Waals surface area contributed by atoms with E-state index in [2.05, 4.69) is 41.5 Å². The van der Waals surface area contributed by atoms with Gasteiger partial charge in [0.15, 0.2) is 5.82 Å². The molecule has 2 aliphatic carbocycles. The van der Waals surface area contributed by atoms with Crippen molar-refractivity contribution in [3.8, 4) is 0 Å². The first-order chi connectivity index (χ1) is 11.9. The Labute approximate surface area is 150 Å². The summed E-state index contributed by atoms with van der Waals surface area (Å²) in [6.45, 7) is 7.67. The molecule has 0 aliphatic heterocycles. The van der Waals surface area contributed by atoms with Crippen LogP contribution in [0.15, 0.2) is 4.52 Å². The molecule has 140 valence electrons. The monoisotopic (exact) mass is 348 g/mol. The van der Waals surface area contributed by atoms with Gasteiger partial charge >= 0.3 is 0 Å². The number of hydrogen-bond acceptors (Lipinski definition) is 5. The Morgan fingerprint density at radius 2 is 2.04 bits per heavy atom. The van der Waals surface area contributed by atoms with E-state index in [-0.39, 0.29) is 16.9 Å². The van der Waals surface area contributed by atoms with E-state index in [0.29, 0.717) is 31.3 Å². The van der Waals surface area contributed by atoms with E-state index in [1.807, 2.05) is 0 Å². The molecule has 1 amide bonds. The molecule has 1 aromatic rings. The molecule has 6 heteroatoms. The van der Waals surface area contributed by atoms with Crippen LogP contribution in [0.4, 0.5) is 0 Å². The van der Waals surface area contributed by atoms with Crippen molar-refractivity contribution in [3.63, 3.8) is 0 Å². The predicted molar refractivity (Wildman–Crippen MR) is 96.0 cm³/mol. The first-order valence-corrected chi connectivity index (χ1v) is 9.76. The third kappa shape index (κ3) is 5.03. The summed E-state index contributed by atoms with van der Waals surface area (Å²) in [6.07, 6.45) is 8.48. The first-order valence-electron chi connectivity index (χ1n) is 9.76. The zero-order valence-electron chi connectivity index (χ0n) is 15.9. The molecule has 2 fully saturated rings. The average Bonchev–Trinajstić information content (AvgIpc) is 3.14. The van der Waals surface area contributed by atoms with Gasteiger partial charge in [0.05, 0.1) is 6.54 Å². The maximum absolute atomic E-state index is 12.3. The highest BCUT2D eigenvalue weighted by molar-refractivity contribution is 5.76. The summed E-state index contributed by atoms with van der Waals surface area (Å²) in [7, 11) is 0. The first kappa shape index (κ1) is 18.4. The molecule has 0 bridgehead atoms. The Morgan fingerprint density at radius 1 is 1.32 bits per heavy atom. The number of carbonyl (C=O) groups is 1. The van der Waals surface area contributed by atoms with Crippen molar-refractivity contribution >= 4 is 5.91 Å². The topological polar surface area (TPSA) is 80.0 Å². The van der Waals surface area contributed by atoms with Crippen LogP contribution in [0.3, 0.4) is 0 Å². The third-order valence-electron chi connectivity index (χ3n) is 5.82. The van der Waals surface area contributed by atoms with E-state index in [1.54, 1.807) is 0 Å². The Hall–Kier alpha value is -1.43. The van der Waals surface area contributed by atoms with Gasteiger partial charge in [0, 0.05) is 24.4 Å². The quantitative estimate of drug-likeness (QED) is 0.716. The van der Waals surface area contributed by atoms with Crippen molar-refractivity contribution < 1.29 is 9.32 Å². The van der Waals surface area contributed by atoms with E-state index in [1.165, 1.54) is 25.7 Å². The van der Waals surface area contributed by atoms with Gasteiger partial charge in [-0.1, -0.05) is 45.2 Å². The third-order valence-corrected chi connectivity index (χ3v) is 5.82. The molecule has 2 N–H and O–H groups in total. The lowest BCUT2D eigenvalue weighted by atomic mass is 9.86. The van der Waals surface area contributed by atoms with Gasteiger partial charge in [-0.05, 0) is 31.1 Å². The van der Waals surface area contributed by atoms with Crippen molar-refractivity contribution in [2.24, 2.45) is 5.41 Å². The Balaban J connectivity index is 1.51. The molecule has 25 heavy (non-hydrogen) atoms. The number of amides is 1. The van der Waals surface area contributed by atoms with Crippen LogP contribution in [0.5, 0.6) is 0 Å². The summed E-state index contributed by atoms with van der Waals surface area (Å²) >= 11 is 0. The van der Waals surface area contributed by atoms with Gasteiger partial charge < -0.3 is 15.2 Å². The Bertz CT molecular complexity index is 586. The zero-order chi connectivity index (χ0) is 17.9. The van der Waals surface area contributed by atoms with Crippen LogP contribution in [0.1, 0.15) is 89.8 Å². The number of carbonyl (C=O) groups excluding carboxylic acids is 1. The standard InChI is InChI=1S/C19H32N4O2/c1-4-18(2,3)11-15(24)20-13-19(9-5-6-10-19)21-12-16-22-17(23-25-16)14-7-8-14/h14,21H,4-13H2,1-3H3,(H,20,24). The fourth-order valence-corrected chi connectivity index (χ4v) is 3.47. The number of rotatable bonds is 9. The molecule has 0 radical (unpaired) electrons. The van der Waals surface area contributed by atoms with Gasteiger partial charge in [0.1, 0.15) is 0 Å². The molecule has 6 nitrogen and oxygen atoms in total. The van der Waals surface area contributed by atoms with Gasteiger partial charge in [0.2, 0.25) is 11.8 Å². The van der Waals surface area contributed by atoms with Crippen molar-refractivity contribution in [3.05, 3.63) is 11.7 Å². The molecule has 3 rings (SSSR count). The summed E-state index contributed by atoms with van der Waals surface area (Å²) in [5.74, 6) is 2.17. The van der Waals surface area contributed by atoms with Crippen LogP contribution >= 0.6 is 0 Å². The summed E-state index contributed by atoms with van der Waals surface area (Å²) in [6, 6.07) is 0. The molecule has 0 atom stereocenters. The Kier molecular flexibility index (Phi) is 5.46. The van der Waals surface area contributed by atoms with Crippen molar-refractivity contribution in [1.29, 1.82) is 0 Å².